The van der Waals surface area contributed by atoms with Crippen LogP contribution in [0.2, 0.25) is 0 Å². The zero-order chi connectivity index (χ0) is 21.3. The zero-order valence-electron chi connectivity index (χ0n) is 16.5. The highest BCUT2D eigenvalue weighted by atomic mass is 32.2. The number of rotatable bonds is 5. The first-order chi connectivity index (χ1) is 14.4. The highest BCUT2D eigenvalue weighted by Gasteiger charge is 2.30. The number of benzene rings is 2. The number of carbonyl (C=O) groups excluding carboxylic acids is 1. The summed E-state index contributed by atoms with van der Waals surface area (Å²) < 4.78 is 47.7. The molecule has 0 radical (unpaired) electrons. The molecule has 0 unspecified atom stereocenters. The lowest BCUT2D eigenvalue weighted by Gasteiger charge is -2.32. The molecule has 0 saturated carbocycles. The first-order valence-corrected chi connectivity index (χ1v) is 11.2. The minimum atomic E-state index is -3.65. The van der Waals surface area contributed by atoms with Gasteiger partial charge in [-0.3, -0.25) is 0 Å². The molecule has 0 spiro atoms. The maximum Gasteiger partial charge on any atom is 0.338 e. The lowest BCUT2D eigenvalue weighted by Crippen LogP contribution is -2.38. The lowest BCUT2D eigenvalue weighted by atomic mass is 10.1. The van der Waals surface area contributed by atoms with Gasteiger partial charge in [-0.05, 0) is 56.2 Å². The summed E-state index contributed by atoms with van der Waals surface area (Å²) in [5.74, 6) is -0.808. The fraction of sp³-hybridized carbons (Fsp3) is 0.333. The van der Waals surface area contributed by atoms with Crippen molar-refractivity contribution in [3.05, 3.63) is 60.2 Å². The van der Waals surface area contributed by atoms with Crippen molar-refractivity contribution in [2.24, 2.45) is 0 Å². The van der Waals surface area contributed by atoms with Gasteiger partial charge in [0.15, 0.2) is 0 Å². The summed E-state index contributed by atoms with van der Waals surface area (Å²) in [4.78, 5) is 16.2. The Morgan fingerprint density at radius 2 is 1.87 bits per heavy atom. The molecule has 3 aromatic rings. The molecule has 1 saturated heterocycles. The molecule has 1 fully saturated rings. The maximum atomic E-state index is 13.4. The molecule has 30 heavy (non-hydrogen) atoms. The smallest absolute Gasteiger partial charge is 0.338 e. The standard InChI is InChI=1S/C21H22FN3O4S/c1-2-29-21(26)15-3-6-18(7-4-15)30(27,28)24-11-9-17(10-12-24)25-14-23-19-13-16(22)5-8-20(19)25/h3-8,13-14,17H,2,9-12H2,1H3. The quantitative estimate of drug-likeness (QED) is 0.579. The molecule has 0 bridgehead atoms. The average molecular weight is 431 g/mol. The molecule has 4 rings (SSSR count). The van der Waals surface area contributed by atoms with E-state index in [9.17, 15) is 17.6 Å². The van der Waals surface area contributed by atoms with Crippen LogP contribution in [0.25, 0.3) is 11.0 Å². The van der Waals surface area contributed by atoms with E-state index >= 15 is 0 Å². The molecule has 0 amide bonds. The molecule has 2 aromatic carbocycles. The van der Waals surface area contributed by atoms with E-state index in [2.05, 4.69) is 4.98 Å². The summed E-state index contributed by atoms with van der Waals surface area (Å²) in [7, 11) is -3.65. The van der Waals surface area contributed by atoms with Gasteiger partial charge in [-0.2, -0.15) is 4.31 Å². The number of aromatic nitrogens is 2. The maximum absolute atomic E-state index is 13.4. The van der Waals surface area contributed by atoms with Gasteiger partial charge >= 0.3 is 5.97 Å². The normalized spacial score (nSPS) is 16.1. The van der Waals surface area contributed by atoms with Gasteiger partial charge in [-0.25, -0.2) is 22.6 Å². The van der Waals surface area contributed by atoms with E-state index in [4.69, 9.17) is 4.74 Å². The lowest BCUT2D eigenvalue weighted by molar-refractivity contribution is 0.0526. The van der Waals surface area contributed by atoms with E-state index in [1.807, 2.05) is 4.57 Å². The number of imidazole rings is 1. The third kappa shape index (κ3) is 3.82. The van der Waals surface area contributed by atoms with E-state index in [1.165, 1.54) is 40.7 Å². The van der Waals surface area contributed by atoms with E-state index in [1.54, 1.807) is 19.3 Å². The number of halogens is 1. The van der Waals surface area contributed by atoms with Gasteiger partial charge in [0, 0.05) is 25.2 Å². The highest BCUT2D eigenvalue weighted by molar-refractivity contribution is 7.89. The van der Waals surface area contributed by atoms with Crippen molar-refractivity contribution in [1.82, 2.24) is 13.9 Å². The molecular formula is C21H22FN3O4S. The van der Waals surface area contributed by atoms with Gasteiger partial charge < -0.3 is 9.30 Å². The number of hydrogen-bond acceptors (Lipinski definition) is 5. The van der Waals surface area contributed by atoms with Crippen LogP contribution in [-0.2, 0) is 14.8 Å². The Hall–Kier alpha value is -2.78. The van der Waals surface area contributed by atoms with Crippen LogP contribution < -0.4 is 0 Å². The van der Waals surface area contributed by atoms with Crippen molar-refractivity contribution < 1.29 is 22.3 Å². The Bertz CT molecular complexity index is 1170. The van der Waals surface area contributed by atoms with Crippen LogP contribution in [-0.4, -0.2) is 47.9 Å². The predicted molar refractivity (Wildman–Crippen MR) is 109 cm³/mol. The third-order valence-corrected chi connectivity index (χ3v) is 7.27. The van der Waals surface area contributed by atoms with Gasteiger partial charge in [0.25, 0.3) is 0 Å². The van der Waals surface area contributed by atoms with E-state index in [0.29, 0.717) is 37.0 Å². The van der Waals surface area contributed by atoms with Gasteiger partial charge in [0.2, 0.25) is 10.0 Å². The summed E-state index contributed by atoms with van der Waals surface area (Å²) in [6.45, 7) is 2.71. The number of hydrogen-bond donors (Lipinski definition) is 0. The molecule has 1 aliphatic heterocycles. The van der Waals surface area contributed by atoms with Crippen LogP contribution in [0.3, 0.4) is 0 Å². The topological polar surface area (TPSA) is 81.5 Å². The summed E-state index contributed by atoms with van der Waals surface area (Å²) in [5.41, 5.74) is 1.75. The SMILES string of the molecule is CCOC(=O)c1ccc(S(=O)(=O)N2CCC(n3cnc4cc(F)ccc43)CC2)cc1. The molecule has 2 heterocycles. The molecule has 0 N–H and O–H groups in total. The number of fused-ring (bicyclic) bond motifs is 1. The summed E-state index contributed by atoms with van der Waals surface area (Å²) in [6.07, 6.45) is 2.94. The average Bonchev–Trinajstić information content (AvgIpc) is 3.17. The molecule has 0 atom stereocenters. The number of sulfonamides is 1. The molecule has 0 aliphatic carbocycles. The van der Waals surface area contributed by atoms with Crippen LogP contribution in [0.15, 0.2) is 53.7 Å². The second-order valence-corrected chi connectivity index (χ2v) is 9.10. The van der Waals surface area contributed by atoms with Crippen LogP contribution in [0.4, 0.5) is 4.39 Å². The predicted octanol–water partition coefficient (Wildman–Crippen LogP) is 3.38. The Labute approximate surface area is 174 Å². The van der Waals surface area contributed by atoms with E-state index in [-0.39, 0.29) is 23.4 Å². The Kier molecular flexibility index (Phi) is 5.57. The molecule has 1 aromatic heterocycles. The molecule has 1 aliphatic rings. The second-order valence-electron chi connectivity index (χ2n) is 7.16. The van der Waals surface area contributed by atoms with Crippen molar-refractivity contribution in [1.29, 1.82) is 0 Å². The van der Waals surface area contributed by atoms with Crippen LogP contribution in [0.1, 0.15) is 36.2 Å². The first-order valence-electron chi connectivity index (χ1n) is 9.79. The van der Waals surface area contributed by atoms with E-state index in [0.717, 1.165) is 5.52 Å². The minimum Gasteiger partial charge on any atom is -0.462 e. The van der Waals surface area contributed by atoms with Crippen LogP contribution in [0, 0.1) is 5.82 Å². The molecule has 7 nitrogen and oxygen atoms in total. The molecular weight excluding hydrogens is 409 g/mol. The van der Waals surface area contributed by atoms with Crippen molar-refractivity contribution >= 4 is 27.0 Å². The Morgan fingerprint density at radius 3 is 2.53 bits per heavy atom. The number of nitrogens with zero attached hydrogens (tertiary/aromatic N) is 3. The second kappa shape index (κ2) is 8.16. The van der Waals surface area contributed by atoms with Crippen molar-refractivity contribution in [2.75, 3.05) is 19.7 Å². The summed E-state index contributed by atoms with van der Waals surface area (Å²) in [6, 6.07) is 10.4. The van der Waals surface area contributed by atoms with Gasteiger partial charge in [0.05, 0.1) is 34.4 Å². The summed E-state index contributed by atoms with van der Waals surface area (Å²) in [5, 5.41) is 0. The third-order valence-electron chi connectivity index (χ3n) is 5.36. The fourth-order valence-electron chi connectivity index (χ4n) is 3.78. The Morgan fingerprint density at radius 1 is 1.17 bits per heavy atom. The molecule has 158 valence electrons. The van der Waals surface area contributed by atoms with Gasteiger partial charge in [0.1, 0.15) is 5.82 Å². The highest BCUT2D eigenvalue weighted by Crippen LogP contribution is 2.29. The largest absolute Gasteiger partial charge is 0.462 e. The van der Waals surface area contributed by atoms with Gasteiger partial charge in [-0.15, -0.1) is 0 Å². The number of carbonyl (C=O) groups is 1. The Balaban J connectivity index is 1.47. The fourth-order valence-corrected chi connectivity index (χ4v) is 5.25. The monoisotopic (exact) mass is 431 g/mol. The minimum absolute atomic E-state index is 0.0955. The molecule has 9 heteroatoms. The van der Waals surface area contributed by atoms with Gasteiger partial charge in [-0.1, -0.05) is 0 Å². The summed E-state index contributed by atoms with van der Waals surface area (Å²) >= 11 is 0. The van der Waals surface area contributed by atoms with Crippen LogP contribution in [0.5, 0.6) is 0 Å². The van der Waals surface area contributed by atoms with Crippen molar-refractivity contribution in [2.45, 2.75) is 30.7 Å². The van der Waals surface area contributed by atoms with Crippen molar-refractivity contribution in [3.63, 3.8) is 0 Å². The number of esters is 1. The van der Waals surface area contributed by atoms with Crippen LogP contribution >= 0.6 is 0 Å². The number of piperidine rings is 1. The first kappa shape index (κ1) is 20.5. The van der Waals surface area contributed by atoms with Crippen molar-refractivity contribution in [3.8, 4) is 0 Å². The zero-order valence-corrected chi connectivity index (χ0v) is 17.3. The van der Waals surface area contributed by atoms with E-state index < -0.39 is 16.0 Å². The number of ether oxygens (including phenoxy) is 1.